The van der Waals surface area contributed by atoms with E-state index in [-0.39, 0.29) is 11.2 Å². The molecule has 0 bridgehead atoms. The van der Waals surface area contributed by atoms with Crippen LogP contribution < -0.4 is 11.1 Å². The molecule has 1 unspecified atom stereocenters. The van der Waals surface area contributed by atoms with Crippen LogP contribution in [0.5, 0.6) is 0 Å². The van der Waals surface area contributed by atoms with Gasteiger partial charge >= 0.3 is 0 Å². The van der Waals surface area contributed by atoms with Crippen LogP contribution in [0.4, 0.5) is 11.9 Å². The number of thioether (sulfide) groups is 1. The fourth-order valence-corrected chi connectivity index (χ4v) is 1.47. The molecule has 15 heavy (non-hydrogen) atoms. The largest absolute Gasteiger partial charge is 0.368 e. The summed E-state index contributed by atoms with van der Waals surface area (Å²) in [5.74, 6) is 0.566. The van der Waals surface area contributed by atoms with E-state index in [2.05, 4.69) is 33.4 Å². The number of hydrogen-bond acceptors (Lipinski definition) is 6. The molecule has 0 fully saturated rings. The fraction of sp³-hybridized carbons (Fsp3) is 0.625. The molecule has 84 valence electrons. The van der Waals surface area contributed by atoms with E-state index < -0.39 is 0 Å². The summed E-state index contributed by atoms with van der Waals surface area (Å²) in [7, 11) is 0. The van der Waals surface area contributed by atoms with Crippen molar-refractivity contribution in [3.63, 3.8) is 0 Å². The van der Waals surface area contributed by atoms with Crippen LogP contribution in [0.2, 0.25) is 5.28 Å². The molecule has 0 saturated carbocycles. The van der Waals surface area contributed by atoms with E-state index in [0.717, 1.165) is 13.0 Å². The van der Waals surface area contributed by atoms with Gasteiger partial charge in [0.15, 0.2) is 0 Å². The van der Waals surface area contributed by atoms with Crippen molar-refractivity contribution in [1.82, 2.24) is 15.0 Å². The third-order valence-electron chi connectivity index (χ3n) is 1.86. The van der Waals surface area contributed by atoms with Crippen molar-refractivity contribution in [3.05, 3.63) is 5.28 Å². The molecule has 1 heterocycles. The zero-order chi connectivity index (χ0) is 11.3. The highest BCUT2D eigenvalue weighted by molar-refractivity contribution is 7.99. The van der Waals surface area contributed by atoms with Gasteiger partial charge in [-0.15, -0.1) is 0 Å². The van der Waals surface area contributed by atoms with Crippen molar-refractivity contribution in [3.8, 4) is 0 Å². The van der Waals surface area contributed by atoms with Crippen LogP contribution >= 0.6 is 23.4 Å². The lowest BCUT2D eigenvalue weighted by Crippen LogP contribution is -2.11. The molecule has 1 aromatic rings. The first-order chi connectivity index (χ1) is 7.11. The summed E-state index contributed by atoms with van der Waals surface area (Å²) in [4.78, 5) is 11.5. The molecular formula is C8H14ClN5S. The number of nitrogens with zero attached hydrogens (tertiary/aromatic N) is 3. The van der Waals surface area contributed by atoms with Crippen molar-refractivity contribution in [2.45, 2.75) is 18.6 Å². The minimum atomic E-state index is 0.114. The third-order valence-corrected chi connectivity index (χ3v) is 3.07. The fourth-order valence-electron chi connectivity index (χ4n) is 0.950. The summed E-state index contributed by atoms with van der Waals surface area (Å²) >= 11 is 7.45. The van der Waals surface area contributed by atoms with Crippen molar-refractivity contribution in [2.24, 2.45) is 0 Å². The lowest BCUT2D eigenvalue weighted by Gasteiger charge is -2.08. The van der Waals surface area contributed by atoms with Gasteiger partial charge in [-0.1, -0.05) is 6.92 Å². The molecule has 0 aliphatic carbocycles. The van der Waals surface area contributed by atoms with E-state index in [9.17, 15) is 0 Å². The molecule has 1 atom stereocenters. The monoisotopic (exact) mass is 247 g/mol. The zero-order valence-corrected chi connectivity index (χ0v) is 10.3. The standard InChI is InChI=1S/C8H14ClN5S/c1-5(15-2)3-4-11-8-13-6(9)12-7(10)14-8/h5H,3-4H2,1-2H3,(H3,10,11,12,13,14). The number of nitrogen functional groups attached to an aromatic ring is 1. The van der Waals surface area contributed by atoms with Crippen LogP contribution in [-0.4, -0.2) is 33.0 Å². The Kier molecular flexibility index (Phi) is 4.90. The van der Waals surface area contributed by atoms with Crippen LogP contribution in [0, 0.1) is 0 Å². The summed E-state index contributed by atoms with van der Waals surface area (Å²) in [6.07, 6.45) is 3.12. The molecule has 0 aliphatic rings. The summed E-state index contributed by atoms with van der Waals surface area (Å²) in [6, 6.07) is 0. The summed E-state index contributed by atoms with van der Waals surface area (Å²) in [6.45, 7) is 2.96. The van der Waals surface area contributed by atoms with Crippen LogP contribution in [0.15, 0.2) is 0 Å². The van der Waals surface area contributed by atoms with Gasteiger partial charge < -0.3 is 11.1 Å². The van der Waals surface area contributed by atoms with Gasteiger partial charge in [0.05, 0.1) is 0 Å². The van der Waals surface area contributed by atoms with Gasteiger partial charge in [0.2, 0.25) is 17.2 Å². The zero-order valence-electron chi connectivity index (χ0n) is 8.70. The molecule has 0 amide bonds. The van der Waals surface area contributed by atoms with Crippen molar-refractivity contribution in [1.29, 1.82) is 0 Å². The Morgan fingerprint density at radius 2 is 2.20 bits per heavy atom. The van der Waals surface area contributed by atoms with Gasteiger partial charge in [-0.2, -0.15) is 26.7 Å². The van der Waals surface area contributed by atoms with Gasteiger partial charge in [0.25, 0.3) is 0 Å². The SMILES string of the molecule is CSC(C)CCNc1nc(N)nc(Cl)n1. The molecule has 7 heteroatoms. The van der Waals surface area contributed by atoms with E-state index in [4.69, 9.17) is 17.3 Å². The molecule has 0 aliphatic heterocycles. The molecule has 0 spiro atoms. The minimum Gasteiger partial charge on any atom is -0.368 e. The first kappa shape index (κ1) is 12.3. The molecular weight excluding hydrogens is 234 g/mol. The van der Waals surface area contributed by atoms with Gasteiger partial charge in [-0.3, -0.25) is 0 Å². The molecule has 0 aromatic carbocycles. The lowest BCUT2D eigenvalue weighted by atomic mass is 10.3. The van der Waals surface area contributed by atoms with E-state index >= 15 is 0 Å². The normalized spacial score (nSPS) is 12.5. The highest BCUT2D eigenvalue weighted by Gasteiger charge is 2.03. The number of hydrogen-bond donors (Lipinski definition) is 2. The average molecular weight is 248 g/mol. The summed E-state index contributed by atoms with van der Waals surface area (Å²) in [5.41, 5.74) is 5.43. The van der Waals surface area contributed by atoms with Gasteiger partial charge in [0.1, 0.15) is 0 Å². The van der Waals surface area contributed by atoms with Gasteiger partial charge in [-0.25, -0.2) is 0 Å². The number of nitrogens with two attached hydrogens (primary N) is 1. The third kappa shape index (κ3) is 4.53. The molecule has 1 aromatic heterocycles. The maximum absolute atomic E-state index is 5.63. The lowest BCUT2D eigenvalue weighted by molar-refractivity contribution is 0.842. The topological polar surface area (TPSA) is 76.7 Å². The highest BCUT2D eigenvalue weighted by atomic mass is 35.5. The van der Waals surface area contributed by atoms with Gasteiger partial charge in [0, 0.05) is 11.8 Å². The second-order valence-electron chi connectivity index (χ2n) is 3.05. The number of aromatic nitrogens is 3. The number of anilines is 2. The first-order valence-electron chi connectivity index (χ1n) is 4.55. The Bertz CT molecular complexity index is 302. The van der Waals surface area contributed by atoms with Crippen LogP contribution in [0.25, 0.3) is 0 Å². The maximum Gasteiger partial charge on any atom is 0.228 e. The van der Waals surface area contributed by atoms with Gasteiger partial charge in [-0.05, 0) is 24.3 Å². The van der Waals surface area contributed by atoms with E-state index in [1.165, 1.54) is 0 Å². The Morgan fingerprint density at radius 1 is 1.47 bits per heavy atom. The van der Waals surface area contributed by atoms with E-state index in [0.29, 0.717) is 11.2 Å². The Hall–Kier alpha value is -0.750. The summed E-state index contributed by atoms with van der Waals surface area (Å²) in [5, 5.41) is 3.77. The minimum absolute atomic E-state index is 0.114. The first-order valence-corrected chi connectivity index (χ1v) is 6.22. The Morgan fingerprint density at radius 3 is 2.80 bits per heavy atom. The molecule has 5 nitrogen and oxygen atoms in total. The van der Waals surface area contributed by atoms with Crippen molar-refractivity contribution < 1.29 is 0 Å². The van der Waals surface area contributed by atoms with Crippen molar-refractivity contribution in [2.75, 3.05) is 23.9 Å². The van der Waals surface area contributed by atoms with E-state index in [1.807, 2.05) is 11.8 Å². The Labute approximate surface area is 98.2 Å². The van der Waals surface area contributed by atoms with Crippen molar-refractivity contribution >= 4 is 35.3 Å². The van der Waals surface area contributed by atoms with Crippen LogP contribution in [-0.2, 0) is 0 Å². The number of halogens is 1. The number of rotatable bonds is 5. The Balaban J connectivity index is 2.43. The predicted octanol–water partition coefficient (Wildman–Crippen LogP) is 1.66. The highest BCUT2D eigenvalue weighted by Crippen LogP contribution is 2.10. The number of nitrogens with one attached hydrogen (secondary N) is 1. The molecule has 0 saturated heterocycles. The van der Waals surface area contributed by atoms with Crippen LogP contribution in [0.3, 0.4) is 0 Å². The molecule has 0 radical (unpaired) electrons. The maximum atomic E-state index is 5.63. The second kappa shape index (κ2) is 5.97. The van der Waals surface area contributed by atoms with E-state index in [1.54, 1.807) is 0 Å². The quantitative estimate of drug-likeness (QED) is 0.824. The summed E-state index contributed by atoms with van der Waals surface area (Å²) < 4.78 is 0. The molecule has 3 N–H and O–H groups in total. The molecule has 1 rings (SSSR count). The van der Waals surface area contributed by atoms with Crippen LogP contribution in [0.1, 0.15) is 13.3 Å². The second-order valence-corrected chi connectivity index (χ2v) is 4.66. The predicted molar refractivity (Wildman–Crippen MR) is 65.3 cm³/mol. The average Bonchev–Trinajstić information content (AvgIpc) is 2.16. The smallest absolute Gasteiger partial charge is 0.228 e.